The summed E-state index contributed by atoms with van der Waals surface area (Å²) in [6.45, 7) is 0. The molecule has 3 nitrogen and oxygen atoms in total. The van der Waals surface area contributed by atoms with Gasteiger partial charge in [-0.15, -0.1) is 0 Å². The van der Waals surface area contributed by atoms with Crippen LogP contribution >= 0.6 is 0 Å². The molecular weight excluding hydrogens is 595 g/mol. The average molecular weight is 628 g/mol. The van der Waals surface area contributed by atoms with E-state index in [1.807, 2.05) is 0 Å². The van der Waals surface area contributed by atoms with Gasteiger partial charge in [-0.3, -0.25) is 0 Å². The number of hydrogen-bond donors (Lipinski definition) is 0. The predicted octanol–water partition coefficient (Wildman–Crippen LogP) is 12.5. The van der Waals surface area contributed by atoms with Crippen LogP contribution in [0.2, 0.25) is 0 Å². The zero-order valence-corrected chi connectivity index (χ0v) is 27.1. The minimum atomic E-state index is 1.04. The molecule has 0 fully saturated rings. The monoisotopic (exact) mass is 627 g/mol. The molecule has 0 aliphatic heterocycles. The first kappa shape index (κ1) is 26.9. The summed E-state index contributed by atoms with van der Waals surface area (Å²) < 4.78 is 7.62. The van der Waals surface area contributed by atoms with E-state index in [1.54, 1.807) is 0 Å². The van der Waals surface area contributed by atoms with E-state index in [0.717, 1.165) is 25.7 Å². The van der Waals surface area contributed by atoms with Crippen molar-refractivity contribution in [3.63, 3.8) is 0 Å². The van der Waals surface area contributed by atoms with Crippen molar-refractivity contribution >= 4 is 87.6 Å². The van der Waals surface area contributed by atoms with Gasteiger partial charge in [0.2, 0.25) is 0 Å². The Bertz CT molecular complexity index is 2970. The van der Waals surface area contributed by atoms with Crippen LogP contribution in [-0.2, 0) is 0 Å². The molecule has 0 unspecified atom stereocenters. The van der Waals surface area contributed by atoms with Crippen LogP contribution in [0, 0.1) is 0 Å². The Labute approximate surface area is 283 Å². The summed E-state index contributed by atoms with van der Waals surface area (Å²) in [5.41, 5.74) is 11.2. The molecule has 232 valence electrons. The standard InChI is InChI=1S/C46H33N3/c1-4-15-31(16-5-1)47-40-28-26-36-35-22-12-13-23-39(35)48(32-17-6-2-7-18-32)45(36)42(40)43-41(47)29-27-38-37-25-24-30-14-10-11-21-34(30)44(37)49(46(38)43)33-19-8-3-9-20-33/h2,4,6-8,10-29H,1,3,5,9H2. The zero-order valence-electron chi connectivity index (χ0n) is 27.1. The molecule has 0 saturated heterocycles. The molecule has 0 saturated carbocycles. The van der Waals surface area contributed by atoms with Crippen molar-refractivity contribution in [2.24, 2.45) is 0 Å². The molecule has 11 rings (SSSR count). The van der Waals surface area contributed by atoms with E-state index in [0.29, 0.717) is 0 Å². The van der Waals surface area contributed by atoms with Gasteiger partial charge < -0.3 is 13.7 Å². The van der Waals surface area contributed by atoms with Crippen molar-refractivity contribution in [3.8, 4) is 5.69 Å². The lowest BCUT2D eigenvalue weighted by molar-refractivity contribution is 1.02. The van der Waals surface area contributed by atoms with E-state index in [4.69, 9.17) is 0 Å². The van der Waals surface area contributed by atoms with Gasteiger partial charge >= 0.3 is 0 Å². The van der Waals surface area contributed by atoms with E-state index in [2.05, 4.69) is 165 Å². The number of para-hydroxylation sites is 2. The van der Waals surface area contributed by atoms with Crippen LogP contribution in [0.4, 0.5) is 0 Å². The summed E-state index contributed by atoms with van der Waals surface area (Å²) in [5.74, 6) is 0. The molecule has 0 amide bonds. The first-order valence-corrected chi connectivity index (χ1v) is 17.5. The van der Waals surface area contributed by atoms with Crippen LogP contribution in [0.15, 0.2) is 152 Å². The molecule has 0 atom stereocenters. The van der Waals surface area contributed by atoms with Crippen molar-refractivity contribution in [1.29, 1.82) is 0 Å². The molecule has 2 aliphatic rings. The first-order valence-electron chi connectivity index (χ1n) is 17.5. The van der Waals surface area contributed by atoms with Crippen molar-refractivity contribution in [2.45, 2.75) is 25.7 Å². The van der Waals surface area contributed by atoms with E-state index in [-0.39, 0.29) is 0 Å². The topological polar surface area (TPSA) is 14.8 Å². The second kappa shape index (κ2) is 10.2. The molecule has 49 heavy (non-hydrogen) atoms. The Kier molecular flexibility index (Phi) is 5.62. The number of hydrogen-bond acceptors (Lipinski definition) is 0. The van der Waals surface area contributed by atoms with Crippen LogP contribution in [0.1, 0.15) is 25.7 Å². The lowest BCUT2D eigenvalue weighted by atomic mass is 10.0. The maximum atomic E-state index is 2.59. The van der Waals surface area contributed by atoms with Crippen molar-refractivity contribution in [2.75, 3.05) is 0 Å². The van der Waals surface area contributed by atoms with Crippen molar-refractivity contribution in [3.05, 3.63) is 152 Å². The smallest absolute Gasteiger partial charge is 0.0642 e. The highest BCUT2D eigenvalue weighted by molar-refractivity contribution is 6.34. The first-order chi connectivity index (χ1) is 24.4. The summed E-state index contributed by atoms with van der Waals surface area (Å²) in [5, 5.41) is 10.3. The summed E-state index contributed by atoms with van der Waals surface area (Å²) in [4.78, 5) is 0. The minimum Gasteiger partial charge on any atom is -0.309 e. The van der Waals surface area contributed by atoms with E-state index in [1.165, 1.54) is 93.3 Å². The van der Waals surface area contributed by atoms with E-state index < -0.39 is 0 Å². The van der Waals surface area contributed by atoms with Gasteiger partial charge in [0.25, 0.3) is 0 Å². The van der Waals surface area contributed by atoms with Crippen LogP contribution in [0.3, 0.4) is 0 Å². The highest BCUT2D eigenvalue weighted by Crippen LogP contribution is 2.47. The van der Waals surface area contributed by atoms with Gasteiger partial charge in [-0.25, -0.2) is 0 Å². The Balaban J connectivity index is 1.46. The maximum Gasteiger partial charge on any atom is 0.0642 e. The van der Waals surface area contributed by atoms with Gasteiger partial charge in [-0.2, -0.15) is 0 Å². The molecule has 0 radical (unpaired) electrons. The Morgan fingerprint density at radius 2 is 0.939 bits per heavy atom. The highest BCUT2D eigenvalue weighted by Gasteiger charge is 2.26. The van der Waals surface area contributed by atoms with Gasteiger partial charge in [0.15, 0.2) is 0 Å². The SMILES string of the molecule is C1=CC(n2c3ccc4c5ccc6ccccc6c5n(C5=CCCC=C5)c4c3c3c2ccc2c4ccccc4n(-c4ccccc4)c23)=CCC1. The molecule has 0 bridgehead atoms. The normalized spacial score (nSPS) is 15.1. The number of allylic oxidation sites excluding steroid dienone is 8. The third kappa shape index (κ3) is 3.67. The Morgan fingerprint density at radius 3 is 1.65 bits per heavy atom. The second-order valence-corrected chi connectivity index (χ2v) is 13.5. The summed E-state index contributed by atoms with van der Waals surface area (Å²) in [6, 6.07) is 42.8. The third-order valence-electron chi connectivity index (χ3n) is 10.8. The number of benzene rings is 6. The molecule has 3 aromatic heterocycles. The molecule has 6 aromatic carbocycles. The van der Waals surface area contributed by atoms with Crippen LogP contribution in [-0.4, -0.2) is 13.7 Å². The number of nitrogens with zero attached hydrogens (tertiary/aromatic N) is 3. The largest absolute Gasteiger partial charge is 0.309 e. The Morgan fingerprint density at radius 1 is 0.367 bits per heavy atom. The molecule has 3 heterocycles. The second-order valence-electron chi connectivity index (χ2n) is 13.5. The highest BCUT2D eigenvalue weighted by atomic mass is 15.0. The lowest BCUT2D eigenvalue weighted by Gasteiger charge is -2.15. The Hall–Kier alpha value is -6.06. The van der Waals surface area contributed by atoms with Crippen LogP contribution in [0.5, 0.6) is 0 Å². The van der Waals surface area contributed by atoms with Crippen molar-refractivity contribution in [1.82, 2.24) is 13.7 Å². The third-order valence-corrected chi connectivity index (χ3v) is 10.8. The van der Waals surface area contributed by atoms with Crippen LogP contribution < -0.4 is 0 Å². The van der Waals surface area contributed by atoms with E-state index in [9.17, 15) is 0 Å². The molecule has 0 N–H and O–H groups in total. The molecule has 2 aliphatic carbocycles. The summed E-state index contributed by atoms with van der Waals surface area (Å²) in [6.07, 6.45) is 18.4. The zero-order chi connectivity index (χ0) is 32.1. The quantitative estimate of drug-likeness (QED) is 0.185. The molecule has 9 aromatic rings. The molecular formula is C46H33N3. The number of rotatable bonds is 3. The van der Waals surface area contributed by atoms with Gasteiger partial charge in [0.1, 0.15) is 0 Å². The van der Waals surface area contributed by atoms with Gasteiger partial charge in [0.05, 0.1) is 33.1 Å². The fourth-order valence-corrected chi connectivity index (χ4v) is 8.81. The lowest BCUT2D eigenvalue weighted by Crippen LogP contribution is -1.99. The van der Waals surface area contributed by atoms with E-state index >= 15 is 0 Å². The summed E-state index contributed by atoms with van der Waals surface area (Å²) >= 11 is 0. The molecule has 3 heteroatoms. The van der Waals surface area contributed by atoms with Crippen molar-refractivity contribution < 1.29 is 0 Å². The fourth-order valence-electron chi connectivity index (χ4n) is 8.81. The average Bonchev–Trinajstić information content (AvgIpc) is 3.81. The van der Waals surface area contributed by atoms with Crippen LogP contribution in [0.25, 0.3) is 93.3 Å². The van der Waals surface area contributed by atoms with Gasteiger partial charge in [0, 0.05) is 54.8 Å². The van der Waals surface area contributed by atoms with Gasteiger partial charge in [-0.1, -0.05) is 109 Å². The maximum absolute atomic E-state index is 2.59. The van der Waals surface area contributed by atoms with Gasteiger partial charge in [-0.05, 0) is 73.6 Å². The summed E-state index contributed by atoms with van der Waals surface area (Å²) in [7, 11) is 0. The number of fused-ring (bicyclic) bond motifs is 13. The number of aromatic nitrogens is 3. The minimum absolute atomic E-state index is 1.04. The fraction of sp³-hybridized carbons (Fsp3) is 0.0870. The molecule has 0 spiro atoms. The predicted molar refractivity (Wildman–Crippen MR) is 210 cm³/mol.